The van der Waals surface area contributed by atoms with Gasteiger partial charge in [0.2, 0.25) is 0 Å². The molecule has 0 spiro atoms. The van der Waals surface area contributed by atoms with Crippen LogP contribution < -0.4 is 0 Å². The van der Waals surface area contributed by atoms with E-state index in [-0.39, 0.29) is 767 Å². The Labute approximate surface area is 816 Å². The summed E-state index contributed by atoms with van der Waals surface area (Å²) in [6.45, 7) is 2.22. The molecular weight excluding hydrogens is 3580 g/mol. The van der Waals surface area contributed by atoms with Gasteiger partial charge < -0.3 is 0 Å². The van der Waals surface area contributed by atoms with Gasteiger partial charge in [-0.2, -0.15) is 208 Å². The molecule has 0 heterocycles. The van der Waals surface area contributed by atoms with Crippen molar-refractivity contribution >= 4 is 226 Å². The number of hydrogen-bond donors (Lipinski definition) is 0. The van der Waals surface area contributed by atoms with Crippen LogP contribution in [0.15, 0.2) is 0 Å². The topological polar surface area (TPSA) is 0 Å². The average Bonchev–Trinajstić information content (AvgIpc) is 1.88. The van der Waals surface area contributed by atoms with E-state index in [1.54, 1.807) is 0 Å². The molecule has 0 saturated heterocycles. The maximum absolute atomic E-state index is 4.45. The summed E-state index contributed by atoms with van der Waals surface area (Å²) in [7, 11) is 7.18. The van der Waals surface area contributed by atoms with Crippen molar-refractivity contribution < 1.29 is 579 Å². The quantitative estimate of drug-likeness (QED) is 0.229. The first kappa shape index (κ1) is 456. The summed E-state index contributed by atoms with van der Waals surface area (Å²) in [4.78, 5) is 0. The van der Waals surface area contributed by atoms with Gasteiger partial charge in [-0.3, -0.25) is 0 Å². The standard InChI is InChI=1S/C5H13P.26Ag.ClH.21H3P/c1-2-3-4-5-6;;;;;;;;;;;;;;;;;;;;;;;;;;;;;;;;;;;;;;;;;;;;;;;;/h2-6H2,1H3;;;;;;;;;;;;;;;;;;;;;;;;;;;1H;21*1H3/q;;;;;;;;;;;;;;;;;;;;;;;;;;+1;;;;;;;;;;;;;;;;;;;;;;/p-1. The first-order valence-electron chi connectivity index (χ1n) is 2.73. The zero-order valence-corrected chi connectivity index (χ0v) is 97.6. The molecule has 0 nitrogen and oxygen atoms in total. The van der Waals surface area contributed by atoms with Gasteiger partial charge >= 0.3 is 29.2 Å². The predicted molar refractivity (Wildman–Crippen MR) is 273 cm³/mol. The molecule has 0 aliphatic carbocycles. The van der Waals surface area contributed by atoms with Crippen LogP contribution in [0.1, 0.15) is 26.2 Å². The van der Waals surface area contributed by atoms with E-state index in [0.29, 0.717) is 0 Å². The average molecular weight is 3660 g/mol. The molecule has 22 unspecified atom stereocenters. The zero-order valence-electron chi connectivity index (χ0n) is 27.5. The van der Waals surface area contributed by atoms with E-state index >= 15 is 0 Å². The Hall–Kier alpha value is 29.0. The Morgan fingerprint density at radius 2 is 0.315 bits per heavy atom. The van der Waals surface area contributed by atoms with Crippen LogP contribution in [0.25, 0.3) is 0 Å². The molecule has 0 aromatic carbocycles. The van der Waals surface area contributed by atoms with Crippen molar-refractivity contribution in [1.29, 1.82) is 0 Å². The maximum atomic E-state index is 4.45. The van der Waals surface area contributed by atoms with Crippen molar-refractivity contribution in [3.8, 4) is 0 Å². The van der Waals surface area contributed by atoms with E-state index in [2.05, 4.69) is 45.3 Å². The molecule has 54 heavy (non-hydrogen) atoms. The molecule has 0 saturated carbocycles. The molecule has 0 bridgehead atoms. The van der Waals surface area contributed by atoms with Gasteiger partial charge in [0, 0.05) is 560 Å². The molecule has 49 heteroatoms. The summed E-state index contributed by atoms with van der Waals surface area (Å²) >= 11 is 2.42. The first-order chi connectivity index (χ1) is 3.91. The second kappa shape index (κ2) is 494. The van der Waals surface area contributed by atoms with Gasteiger partial charge in [0.05, 0.1) is 0 Å². The van der Waals surface area contributed by atoms with Crippen LogP contribution in [0.2, 0.25) is 0 Å². The molecule has 0 rings (SSSR count). The van der Waals surface area contributed by atoms with Crippen molar-refractivity contribution in [3.05, 3.63) is 0 Å². The number of hydrogen-bond acceptors (Lipinski definition) is 0. The Morgan fingerprint density at radius 3 is 0.333 bits per heavy atom. The van der Waals surface area contributed by atoms with Crippen molar-refractivity contribution in [2.24, 2.45) is 0 Å². The molecule has 0 aromatic rings. The number of rotatable bonds is 3. The summed E-state index contributed by atoms with van der Waals surface area (Å²) in [5.74, 6) is 0. The van der Waals surface area contributed by atoms with Gasteiger partial charge in [0.1, 0.15) is 0 Å². The van der Waals surface area contributed by atoms with Gasteiger partial charge in [-0.25, -0.2) is 0 Å². The summed E-state index contributed by atoms with van der Waals surface area (Å²) in [6.07, 6.45) is 5.38. The fourth-order valence-electron chi connectivity index (χ4n) is 0.394. The molecule has 0 fully saturated rings. The third-order valence-electron chi connectivity index (χ3n) is 0.808. The van der Waals surface area contributed by atoms with Crippen LogP contribution in [0.5, 0.6) is 0 Å². The minimum absolute atomic E-state index is 0. The predicted octanol–water partition coefficient (Wildman–Crippen LogP) is 3.90. The van der Waals surface area contributed by atoms with E-state index in [1.807, 2.05) is 0 Å². The van der Waals surface area contributed by atoms with Crippen molar-refractivity contribution in [2.45, 2.75) is 26.2 Å². The monoisotopic (exact) mass is 3630 g/mol. The van der Waals surface area contributed by atoms with Crippen molar-refractivity contribution in [1.82, 2.24) is 0 Å². The molecule has 0 aliphatic heterocycles. The van der Waals surface area contributed by atoms with Gasteiger partial charge in [-0.1, -0.05) is 19.8 Å². The van der Waals surface area contributed by atoms with E-state index in [4.69, 9.17) is 0 Å². The van der Waals surface area contributed by atoms with Crippen LogP contribution in [0.4, 0.5) is 0 Å². The third-order valence-corrected chi connectivity index (χ3v) is 1.22. The fraction of sp³-hybridized carbons (Fsp3) is 1.00. The SMILES string of the molecule is CCCCCP.P.P.P.P.P.P.P.P.P.P.P.P.P.P.P.P.P.P.P.P.P.[Ag].[Ag].[Ag].[Ag].[Ag].[Ag].[Ag].[Ag].[Ag].[Ag].[Ag].[Ag].[Ag].[Ag].[Ag].[Ag].[Ag].[Ag].[Ag].[Ag].[Ag].[Ag].[Ag].[Ag].[Ag].[Cl][Ag]. The molecular formula is C5H76Ag26ClP22. The van der Waals surface area contributed by atoms with E-state index in [0.717, 1.165) is 0 Å². The zero-order chi connectivity index (χ0) is 6.83. The second-order valence-electron chi connectivity index (χ2n) is 1.50. The van der Waals surface area contributed by atoms with Gasteiger partial charge in [0.25, 0.3) is 0 Å². The Morgan fingerprint density at radius 1 is 0.241 bits per heavy atom. The molecule has 499 valence electrons. The molecule has 22 atom stereocenters. The number of unbranched alkanes of at least 4 members (excludes halogenated alkanes) is 2. The van der Waals surface area contributed by atoms with Crippen LogP contribution in [-0.4, -0.2) is 6.16 Å². The first-order valence-corrected chi connectivity index (χ1v) is 5.45. The van der Waals surface area contributed by atoms with Crippen molar-refractivity contribution in [2.75, 3.05) is 6.16 Å². The summed E-state index contributed by atoms with van der Waals surface area (Å²) in [5.41, 5.74) is 0. The van der Waals surface area contributed by atoms with Crippen LogP contribution >= 0.6 is 226 Å². The minimum atomic E-state index is 0. The van der Waals surface area contributed by atoms with Crippen LogP contribution in [0, 0.1) is 0 Å². The van der Waals surface area contributed by atoms with E-state index in [1.165, 1.54) is 25.4 Å². The third kappa shape index (κ3) is 506. The molecule has 25 radical (unpaired) electrons. The van der Waals surface area contributed by atoms with E-state index in [9.17, 15) is 0 Å². The van der Waals surface area contributed by atoms with Crippen molar-refractivity contribution in [3.63, 3.8) is 0 Å². The van der Waals surface area contributed by atoms with E-state index < -0.39 is 0 Å². The molecule has 0 amide bonds. The van der Waals surface area contributed by atoms with Crippen LogP contribution in [0.3, 0.4) is 0 Å². The Kier molecular flexibility index (Phi) is 4170. The Balaban J connectivity index is -0.000000000161. The van der Waals surface area contributed by atoms with Gasteiger partial charge in [-0.15, -0.1) is 9.24 Å². The van der Waals surface area contributed by atoms with Crippen LogP contribution in [-0.2, 0) is 579 Å². The van der Waals surface area contributed by atoms with Gasteiger partial charge in [-0.05, 0) is 12.6 Å². The molecule has 0 N–H and O–H groups in total. The normalized spacial score (nSPS) is 1.13. The van der Waals surface area contributed by atoms with Gasteiger partial charge in [0.15, 0.2) is 0 Å². The molecule has 0 aliphatic rings. The second-order valence-corrected chi connectivity index (χ2v) is 2.07. The fourth-order valence-corrected chi connectivity index (χ4v) is 0.683. The summed E-state index contributed by atoms with van der Waals surface area (Å²) < 4.78 is 0. The number of halogens is 1. The summed E-state index contributed by atoms with van der Waals surface area (Å²) in [5, 5.41) is 0. The molecule has 0 aromatic heterocycles. The summed E-state index contributed by atoms with van der Waals surface area (Å²) in [6, 6.07) is 0. The Bertz CT molecular complexity index is 90.8.